The number of rotatable bonds is 12. The molecule has 5 rings (SSSR count). The van der Waals surface area contributed by atoms with Gasteiger partial charge >= 0.3 is 5.97 Å². The molecule has 4 aliphatic carbocycles. The summed E-state index contributed by atoms with van der Waals surface area (Å²) in [5.41, 5.74) is 2.48. The van der Waals surface area contributed by atoms with E-state index in [0.29, 0.717) is 23.2 Å². The van der Waals surface area contributed by atoms with Crippen molar-refractivity contribution in [2.75, 3.05) is 26.7 Å². The monoisotopic (exact) mass is 553 g/mol. The Morgan fingerprint density at radius 2 is 1.85 bits per heavy atom. The number of fused-ring (bicyclic) bond motifs is 5. The van der Waals surface area contributed by atoms with Gasteiger partial charge in [0.05, 0.1) is 7.11 Å². The van der Waals surface area contributed by atoms with Gasteiger partial charge in [-0.1, -0.05) is 20.8 Å². The normalized spacial score (nSPS) is 39.5. The quantitative estimate of drug-likeness (QED) is 0.196. The van der Waals surface area contributed by atoms with E-state index in [4.69, 9.17) is 4.74 Å². The molecule has 0 aromatic rings. The van der Waals surface area contributed by atoms with Crippen molar-refractivity contribution in [1.29, 1.82) is 0 Å². The maximum Gasteiger partial charge on any atom is 0.305 e. The van der Waals surface area contributed by atoms with E-state index in [1.807, 2.05) is 12.4 Å². The number of carbonyl (C=O) groups is 1. The van der Waals surface area contributed by atoms with Crippen molar-refractivity contribution in [2.45, 2.75) is 123 Å². The van der Waals surface area contributed by atoms with Crippen LogP contribution in [0.5, 0.6) is 0 Å². The molecule has 0 radical (unpaired) electrons. The van der Waals surface area contributed by atoms with Crippen LogP contribution in [0.3, 0.4) is 0 Å². The highest BCUT2D eigenvalue weighted by molar-refractivity contribution is 5.69. The van der Waals surface area contributed by atoms with Crippen LogP contribution in [0.2, 0.25) is 0 Å². The number of hydrogen-bond acceptors (Lipinski definition) is 5. The number of carbonyl (C=O) groups excluding carboxylic acids is 1. The summed E-state index contributed by atoms with van der Waals surface area (Å²) in [6.07, 6.45) is 23.2. The molecule has 226 valence electrons. The molecule has 5 unspecified atom stereocenters. The van der Waals surface area contributed by atoms with E-state index in [9.17, 15) is 4.79 Å². The van der Waals surface area contributed by atoms with E-state index < -0.39 is 0 Å². The Balaban J connectivity index is 1.06. The highest BCUT2D eigenvalue weighted by Crippen LogP contribution is 2.68. The summed E-state index contributed by atoms with van der Waals surface area (Å²) < 4.78 is 4.94. The first-order chi connectivity index (χ1) is 19.3. The van der Waals surface area contributed by atoms with Gasteiger partial charge in [-0.25, -0.2) is 0 Å². The molecule has 9 atom stereocenters. The average molecular weight is 554 g/mol. The Kier molecular flexibility index (Phi) is 10.1. The van der Waals surface area contributed by atoms with Gasteiger partial charge in [0.2, 0.25) is 0 Å². The first-order valence-electron chi connectivity index (χ1n) is 17.1. The van der Waals surface area contributed by atoms with E-state index >= 15 is 0 Å². The summed E-state index contributed by atoms with van der Waals surface area (Å²) in [6.45, 7) is 11.1. The van der Waals surface area contributed by atoms with Crippen LogP contribution in [0, 0.1) is 46.3 Å². The number of aliphatic imine (C=N–C) groups is 1. The standard InChI is InChI=1S/C35H59N3O2/c1-25(9-14-33(39)40-4)30-12-13-31-29-11-10-27-22-28(15-17-34(27,2)32(29)16-18-35(30,31)3)38-21-6-5-19-36-23-26-8-7-20-37-24-26/h20,24-25,27-32,36,38H,5-19,21-23H2,1-4H3/t25-,27?,28+,29?,30?,31?,32?,34+,35-/m1/s1. The highest BCUT2D eigenvalue weighted by Gasteiger charge is 2.60. The van der Waals surface area contributed by atoms with Crippen LogP contribution in [-0.2, 0) is 9.53 Å². The van der Waals surface area contributed by atoms with Gasteiger partial charge in [0, 0.05) is 31.4 Å². The van der Waals surface area contributed by atoms with Crippen molar-refractivity contribution in [3.8, 4) is 0 Å². The van der Waals surface area contributed by atoms with Gasteiger partial charge in [0.15, 0.2) is 0 Å². The van der Waals surface area contributed by atoms with E-state index in [1.165, 1.54) is 96.3 Å². The molecule has 5 nitrogen and oxygen atoms in total. The third-order valence-electron chi connectivity index (χ3n) is 13.0. The van der Waals surface area contributed by atoms with Gasteiger partial charge in [-0.2, -0.15) is 0 Å². The lowest BCUT2D eigenvalue weighted by molar-refractivity contribution is -0.141. The summed E-state index contributed by atoms with van der Waals surface area (Å²) in [4.78, 5) is 16.1. The lowest BCUT2D eigenvalue weighted by Crippen LogP contribution is -2.55. The number of ether oxygens (including phenoxy) is 1. The zero-order valence-electron chi connectivity index (χ0n) is 26.2. The first-order valence-corrected chi connectivity index (χ1v) is 17.1. The topological polar surface area (TPSA) is 62.7 Å². The third-order valence-corrected chi connectivity index (χ3v) is 13.0. The van der Waals surface area contributed by atoms with Gasteiger partial charge in [0.25, 0.3) is 0 Å². The number of unbranched alkanes of at least 4 members (excludes halogenated alkanes) is 1. The molecule has 5 heteroatoms. The average Bonchev–Trinajstić information content (AvgIpc) is 3.33. The zero-order chi connectivity index (χ0) is 28.2. The molecule has 40 heavy (non-hydrogen) atoms. The Hall–Kier alpha value is -1.20. The van der Waals surface area contributed by atoms with Crippen molar-refractivity contribution in [1.82, 2.24) is 10.6 Å². The Labute approximate surface area is 245 Å². The van der Waals surface area contributed by atoms with Crippen molar-refractivity contribution >= 4 is 12.2 Å². The van der Waals surface area contributed by atoms with Crippen LogP contribution in [0.1, 0.15) is 117 Å². The number of hydrogen-bond donors (Lipinski definition) is 2. The number of esters is 1. The van der Waals surface area contributed by atoms with Crippen LogP contribution in [0.4, 0.5) is 0 Å². The minimum atomic E-state index is -0.0393. The summed E-state index contributed by atoms with van der Waals surface area (Å²) in [5.74, 6) is 5.05. The van der Waals surface area contributed by atoms with E-state index in [0.717, 1.165) is 61.6 Å². The minimum Gasteiger partial charge on any atom is -0.469 e. The Bertz CT molecular complexity index is 916. The fraction of sp³-hybridized carbons (Fsp3) is 0.886. The predicted octanol–water partition coefficient (Wildman–Crippen LogP) is 7.31. The van der Waals surface area contributed by atoms with Crippen LogP contribution in [0.15, 0.2) is 16.8 Å². The largest absolute Gasteiger partial charge is 0.469 e. The molecular formula is C35H59N3O2. The molecule has 0 bridgehead atoms. The van der Waals surface area contributed by atoms with Crippen molar-refractivity contribution in [3.05, 3.63) is 11.8 Å². The van der Waals surface area contributed by atoms with E-state index in [2.05, 4.69) is 36.4 Å². The fourth-order valence-corrected chi connectivity index (χ4v) is 10.7. The molecule has 0 spiro atoms. The SMILES string of the molecule is COC(=O)CC[C@@H](C)C1CCC2C3CCC4C[C@@H](NCCCCNCC5=CN=CCC5)CC[C@]4(C)C3CC[C@@]21C. The molecule has 4 fully saturated rings. The highest BCUT2D eigenvalue weighted by atomic mass is 16.5. The van der Waals surface area contributed by atoms with Gasteiger partial charge in [-0.15, -0.1) is 0 Å². The third kappa shape index (κ3) is 6.41. The molecule has 5 aliphatic rings. The van der Waals surface area contributed by atoms with Gasteiger partial charge in [-0.05, 0) is 155 Å². The van der Waals surface area contributed by atoms with Crippen molar-refractivity contribution in [3.63, 3.8) is 0 Å². The molecule has 0 amide bonds. The zero-order valence-corrected chi connectivity index (χ0v) is 26.2. The minimum absolute atomic E-state index is 0.0393. The van der Waals surface area contributed by atoms with Gasteiger partial charge < -0.3 is 15.4 Å². The molecule has 1 aliphatic heterocycles. The smallest absolute Gasteiger partial charge is 0.305 e. The van der Waals surface area contributed by atoms with Gasteiger partial charge in [0.1, 0.15) is 0 Å². The lowest BCUT2D eigenvalue weighted by Gasteiger charge is -2.61. The summed E-state index contributed by atoms with van der Waals surface area (Å²) in [5, 5.41) is 7.59. The first kappa shape index (κ1) is 30.3. The Morgan fingerprint density at radius 1 is 1.05 bits per heavy atom. The van der Waals surface area contributed by atoms with E-state index in [1.54, 1.807) is 0 Å². The summed E-state index contributed by atoms with van der Waals surface area (Å²) in [7, 11) is 1.52. The maximum absolute atomic E-state index is 11.8. The molecular weight excluding hydrogens is 494 g/mol. The Morgan fingerprint density at radius 3 is 2.65 bits per heavy atom. The van der Waals surface area contributed by atoms with Crippen LogP contribution < -0.4 is 10.6 Å². The number of nitrogens with one attached hydrogen (secondary N) is 2. The second kappa shape index (κ2) is 13.4. The molecule has 1 heterocycles. The van der Waals surface area contributed by atoms with Crippen LogP contribution in [-0.4, -0.2) is 45.0 Å². The fourth-order valence-electron chi connectivity index (χ4n) is 10.7. The second-order valence-corrected chi connectivity index (χ2v) is 14.9. The molecule has 0 aromatic carbocycles. The summed E-state index contributed by atoms with van der Waals surface area (Å²) in [6, 6.07) is 0.730. The van der Waals surface area contributed by atoms with E-state index in [-0.39, 0.29) is 5.97 Å². The van der Waals surface area contributed by atoms with Gasteiger partial charge in [-0.3, -0.25) is 9.79 Å². The maximum atomic E-state index is 11.8. The lowest BCUT2D eigenvalue weighted by atomic mass is 9.44. The molecule has 4 saturated carbocycles. The second-order valence-electron chi connectivity index (χ2n) is 14.9. The van der Waals surface area contributed by atoms with Crippen LogP contribution in [0.25, 0.3) is 0 Å². The molecule has 2 N–H and O–H groups in total. The van der Waals surface area contributed by atoms with Crippen molar-refractivity contribution in [2.24, 2.45) is 51.3 Å². The number of nitrogens with zero attached hydrogens (tertiary/aromatic N) is 1. The molecule has 0 saturated heterocycles. The predicted molar refractivity (Wildman–Crippen MR) is 165 cm³/mol. The molecule has 0 aromatic heterocycles. The summed E-state index contributed by atoms with van der Waals surface area (Å²) >= 11 is 0. The number of methoxy groups -OCH3 is 1. The van der Waals surface area contributed by atoms with Crippen molar-refractivity contribution < 1.29 is 9.53 Å². The van der Waals surface area contributed by atoms with Crippen LogP contribution >= 0.6 is 0 Å².